The highest BCUT2D eigenvalue weighted by Gasteiger charge is 2.57. The fourth-order valence-electron chi connectivity index (χ4n) is 2.96. The van der Waals surface area contributed by atoms with E-state index in [1.165, 1.54) is 0 Å². The largest absolute Gasteiger partial charge is 0.480 e. The topological polar surface area (TPSA) is 78.4 Å². The van der Waals surface area contributed by atoms with Crippen molar-refractivity contribution in [3.63, 3.8) is 0 Å². The van der Waals surface area contributed by atoms with Crippen LogP contribution < -0.4 is 10.6 Å². The smallest absolute Gasteiger partial charge is 0.326 e. The molecule has 0 aromatic carbocycles. The highest BCUT2D eigenvalue weighted by atomic mass is 32.2. The van der Waals surface area contributed by atoms with Crippen molar-refractivity contribution in [3.05, 3.63) is 0 Å². The SMILES string of the molecule is CSCCC(NC(=O)C1CC12CCNCC2)C(=O)O. The fourth-order valence-corrected chi connectivity index (χ4v) is 3.43. The van der Waals surface area contributed by atoms with Crippen molar-refractivity contribution >= 4 is 23.6 Å². The lowest BCUT2D eigenvalue weighted by atomic mass is 9.91. The van der Waals surface area contributed by atoms with Crippen LogP contribution in [0.3, 0.4) is 0 Å². The van der Waals surface area contributed by atoms with Gasteiger partial charge in [0, 0.05) is 5.92 Å². The van der Waals surface area contributed by atoms with E-state index in [1.54, 1.807) is 11.8 Å². The molecule has 1 aliphatic carbocycles. The van der Waals surface area contributed by atoms with Gasteiger partial charge in [-0.15, -0.1) is 0 Å². The van der Waals surface area contributed by atoms with Gasteiger partial charge in [-0.1, -0.05) is 0 Å². The monoisotopic (exact) mass is 286 g/mol. The summed E-state index contributed by atoms with van der Waals surface area (Å²) in [5.41, 5.74) is 0.165. The van der Waals surface area contributed by atoms with Gasteiger partial charge in [0.25, 0.3) is 0 Å². The molecule has 2 atom stereocenters. The van der Waals surface area contributed by atoms with Crippen molar-refractivity contribution in [1.82, 2.24) is 10.6 Å². The maximum Gasteiger partial charge on any atom is 0.326 e. The van der Waals surface area contributed by atoms with Crippen LogP contribution in [0.2, 0.25) is 0 Å². The average molecular weight is 286 g/mol. The summed E-state index contributed by atoms with van der Waals surface area (Å²) >= 11 is 1.60. The summed E-state index contributed by atoms with van der Waals surface area (Å²) < 4.78 is 0. The second-order valence-electron chi connectivity index (χ2n) is 5.55. The molecule has 0 aromatic heterocycles. The molecule has 2 fully saturated rings. The molecule has 1 amide bonds. The summed E-state index contributed by atoms with van der Waals surface area (Å²) in [7, 11) is 0. The molecule has 0 bridgehead atoms. The molecule has 0 aromatic rings. The van der Waals surface area contributed by atoms with E-state index in [9.17, 15) is 9.59 Å². The van der Waals surface area contributed by atoms with E-state index < -0.39 is 12.0 Å². The van der Waals surface area contributed by atoms with E-state index in [4.69, 9.17) is 5.11 Å². The molecule has 5 nitrogen and oxygen atoms in total. The Morgan fingerprint density at radius 3 is 2.74 bits per heavy atom. The van der Waals surface area contributed by atoms with Crippen LogP contribution >= 0.6 is 11.8 Å². The Labute approximate surface area is 117 Å². The van der Waals surface area contributed by atoms with Crippen molar-refractivity contribution in [2.75, 3.05) is 25.1 Å². The van der Waals surface area contributed by atoms with Crippen LogP contribution in [-0.4, -0.2) is 48.1 Å². The molecule has 1 saturated heterocycles. The Morgan fingerprint density at radius 2 is 2.16 bits per heavy atom. The zero-order valence-corrected chi connectivity index (χ0v) is 12.1. The second kappa shape index (κ2) is 6.13. The molecule has 2 aliphatic rings. The van der Waals surface area contributed by atoms with Crippen LogP contribution in [0.4, 0.5) is 0 Å². The lowest BCUT2D eigenvalue weighted by Crippen LogP contribution is -2.43. The highest BCUT2D eigenvalue weighted by molar-refractivity contribution is 7.98. The Bertz CT molecular complexity index is 356. The minimum atomic E-state index is -0.928. The normalized spacial score (nSPS) is 25.8. The first-order valence-electron chi connectivity index (χ1n) is 6.82. The third-order valence-corrected chi connectivity index (χ3v) is 4.97. The van der Waals surface area contributed by atoms with E-state index >= 15 is 0 Å². The first-order valence-corrected chi connectivity index (χ1v) is 8.21. The predicted octanol–water partition coefficient (Wildman–Crippen LogP) is 0.699. The lowest BCUT2D eigenvalue weighted by molar-refractivity contribution is -0.142. The molecule has 1 saturated carbocycles. The summed E-state index contributed by atoms with van der Waals surface area (Å²) in [6.45, 7) is 1.94. The van der Waals surface area contributed by atoms with Crippen LogP contribution in [0.1, 0.15) is 25.7 Å². The van der Waals surface area contributed by atoms with Gasteiger partial charge in [0.05, 0.1) is 0 Å². The summed E-state index contributed by atoms with van der Waals surface area (Å²) in [5.74, 6) is -0.208. The number of hydrogen-bond donors (Lipinski definition) is 3. The quantitative estimate of drug-likeness (QED) is 0.670. The van der Waals surface area contributed by atoms with Gasteiger partial charge in [-0.25, -0.2) is 4.79 Å². The van der Waals surface area contributed by atoms with E-state index in [0.717, 1.165) is 38.1 Å². The van der Waals surface area contributed by atoms with Crippen LogP contribution in [-0.2, 0) is 9.59 Å². The number of piperidine rings is 1. The summed E-state index contributed by atoms with van der Waals surface area (Å²) in [4.78, 5) is 23.3. The Hall–Kier alpha value is -0.750. The van der Waals surface area contributed by atoms with Gasteiger partial charge in [0.1, 0.15) is 6.04 Å². The highest BCUT2D eigenvalue weighted by Crippen LogP contribution is 2.58. The van der Waals surface area contributed by atoms with Crippen molar-refractivity contribution in [2.45, 2.75) is 31.7 Å². The van der Waals surface area contributed by atoms with Crippen LogP contribution in [0.15, 0.2) is 0 Å². The van der Waals surface area contributed by atoms with Gasteiger partial charge in [0.2, 0.25) is 5.91 Å². The van der Waals surface area contributed by atoms with Crippen molar-refractivity contribution in [3.8, 4) is 0 Å². The maximum atomic E-state index is 12.2. The van der Waals surface area contributed by atoms with E-state index in [-0.39, 0.29) is 17.2 Å². The first-order chi connectivity index (χ1) is 9.09. The Kier molecular flexibility index (Phi) is 4.73. The molecule has 2 unspecified atom stereocenters. The number of carboxylic acid groups (broad SMARTS) is 1. The minimum Gasteiger partial charge on any atom is -0.480 e. The van der Waals surface area contributed by atoms with Crippen LogP contribution in [0.5, 0.6) is 0 Å². The molecule has 3 N–H and O–H groups in total. The predicted molar refractivity (Wildman–Crippen MR) is 75.2 cm³/mol. The Balaban J connectivity index is 1.84. The maximum absolute atomic E-state index is 12.2. The zero-order chi connectivity index (χ0) is 13.9. The molecule has 1 spiro atoms. The first kappa shape index (κ1) is 14.7. The number of hydrogen-bond acceptors (Lipinski definition) is 4. The number of rotatable bonds is 6. The molecule has 19 heavy (non-hydrogen) atoms. The third kappa shape index (κ3) is 3.42. The second-order valence-corrected chi connectivity index (χ2v) is 6.54. The number of carbonyl (C=O) groups excluding carboxylic acids is 1. The molecule has 0 radical (unpaired) electrons. The minimum absolute atomic E-state index is 0.0331. The van der Waals surface area contributed by atoms with Crippen molar-refractivity contribution in [2.24, 2.45) is 11.3 Å². The molecule has 1 aliphatic heterocycles. The van der Waals surface area contributed by atoms with Gasteiger partial charge in [-0.2, -0.15) is 11.8 Å². The summed E-state index contributed by atoms with van der Waals surface area (Å²) in [6.07, 6.45) is 5.42. The van der Waals surface area contributed by atoms with Crippen molar-refractivity contribution < 1.29 is 14.7 Å². The molecular weight excluding hydrogens is 264 g/mol. The lowest BCUT2D eigenvalue weighted by Gasteiger charge is -2.23. The van der Waals surface area contributed by atoms with Gasteiger partial charge in [-0.3, -0.25) is 4.79 Å². The molecule has 108 valence electrons. The summed E-state index contributed by atoms with van der Waals surface area (Å²) in [6, 6.07) is -0.737. The van der Waals surface area contributed by atoms with E-state index in [0.29, 0.717) is 6.42 Å². The standard InChI is InChI=1S/C13H22N2O3S/c1-19-7-2-10(12(17)18)15-11(16)9-8-13(9)3-5-14-6-4-13/h9-10,14H,2-8H2,1H3,(H,15,16)(H,17,18). The molecule has 2 rings (SSSR count). The van der Waals surface area contributed by atoms with Gasteiger partial charge < -0.3 is 15.7 Å². The van der Waals surface area contributed by atoms with Gasteiger partial charge in [-0.05, 0) is 56.2 Å². The number of carboxylic acids is 1. The number of nitrogens with one attached hydrogen (secondary N) is 2. The van der Waals surface area contributed by atoms with E-state index in [2.05, 4.69) is 10.6 Å². The molecule has 1 heterocycles. The molecular formula is C13H22N2O3S. The Morgan fingerprint density at radius 1 is 1.47 bits per heavy atom. The van der Waals surface area contributed by atoms with Crippen LogP contribution in [0.25, 0.3) is 0 Å². The number of carbonyl (C=O) groups is 2. The zero-order valence-electron chi connectivity index (χ0n) is 11.3. The van der Waals surface area contributed by atoms with Gasteiger partial charge in [0.15, 0.2) is 0 Å². The van der Waals surface area contributed by atoms with Gasteiger partial charge >= 0.3 is 5.97 Å². The van der Waals surface area contributed by atoms with Crippen LogP contribution in [0, 0.1) is 11.3 Å². The summed E-state index contributed by atoms with van der Waals surface area (Å²) in [5, 5.41) is 15.1. The number of thioether (sulfide) groups is 1. The average Bonchev–Trinajstić information content (AvgIpc) is 3.08. The number of amides is 1. The number of aliphatic carboxylic acids is 1. The van der Waals surface area contributed by atoms with E-state index in [1.807, 2.05) is 6.26 Å². The van der Waals surface area contributed by atoms with Crippen molar-refractivity contribution in [1.29, 1.82) is 0 Å². The third-order valence-electron chi connectivity index (χ3n) is 4.33. The fraction of sp³-hybridized carbons (Fsp3) is 0.846. The molecule has 6 heteroatoms.